The second kappa shape index (κ2) is 19.3. The number of halogens is 1. The average Bonchev–Trinajstić information content (AvgIpc) is 3.88. The molecule has 9 heteroatoms. The molecule has 1 atom stereocenters. The van der Waals surface area contributed by atoms with Crippen LogP contribution < -0.4 is 17.0 Å². The van der Waals surface area contributed by atoms with Crippen LogP contribution in [-0.2, 0) is 4.74 Å². The van der Waals surface area contributed by atoms with Crippen LogP contribution >= 0.6 is 0 Å². The molecule has 0 spiro atoms. The van der Waals surface area contributed by atoms with Crippen LogP contribution in [-0.4, -0.2) is 69.8 Å². The summed E-state index contributed by atoms with van der Waals surface area (Å²) >= 11 is 0. The molecule has 210 valence electrons. The molecule has 2 saturated carbocycles. The van der Waals surface area contributed by atoms with Crippen molar-refractivity contribution >= 4 is 41.3 Å². The van der Waals surface area contributed by atoms with Crippen LogP contribution in [0.3, 0.4) is 0 Å². The number of rotatable bonds is 7. The van der Waals surface area contributed by atoms with Gasteiger partial charge in [0.25, 0.3) is 0 Å². The smallest absolute Gasteiger partial charge is 1.00 e. The summed E-state index contributed by atoms with van der Waals surface area (Å²) in [5, 5.41) is 27.6. The number of carbonyl (C=O) groups excluding carboxylic acids is 1. The number of carbonyl (C=O) groups is 3. The van der Waals surface area contributed by atoms with E-state index in [0.29, 0.717) is 23.8 Å². The van der Waals surface area contributed by atoms with Gasteiger partial charge in [-0.15, -0.1) is 0 Å². The van der Waals surface area contributed by atoms with Crippen molar-refractivity contribution in [2.24, 2.45) is 0 Å². The fraction of sp³-hybridized carbons (Fsp3) is 0.467. The van der Waals surface area contributed by atoms with Crippen LogP contribution in [0.1, 0.15) is 124 Å². The predicted octanol–water partition coefficient (Wildman–Crippen LogP) is 3.04. The van der Waals surface area contributed by atoms with Crippen molar-refractivity contribution in [2.45, 2.75) is 76.7 Å². The maximum absolute atomic E-state index is 10.9. The number of aromatic carboxylic acids is 2. The van der Waals surface area contributed by atoms with Crippen molar-refractivity contribution in [1.29, 1.82) is 0 Å². The van der Waals surface area contributed by atoms with Crippen LogP contribution in [0.15, 0.2) is 36.4 Å². The van der Waals surface area contributed by atoms with Gasteiger partial charge in [-0.3, -0.25) is 4.79 Å². The number of hydrogen-bond donors (Lipinski definition) is 3. The normalized spacial score (nSPS) is 15.7. The molecule has 1 saturated heterocycles. The molecule has 1 heterocycles. The number of hydrogen-bond acceptors (Lipinski definition) is 5. The second-order valence-corrected chi connectivity index (χ2v) is 9.21. The molecule has 3 fully saturated rings. The van der Waals surface area contributed by atoms with E-state index >= 15 is 0 Å². The van der Waals surface area contributed by atoms with Gasteiger partial charge in [-0.2, -0.15) is 6.92 Å². The van der Waals surface area contributed by atoms with Gasteiger partial charge in [-0.1, -0.05) is 19.1 Å². The largest absolute Gasteiger partial charge is 2.00 e. The van der Waals surface area contributed by atoms with Crippen LogP contribution in [0.2, 0.25) is 0 Å². The molecule has 2 aromatic rings. The first-order valence-corrected chi connectivity index (χ1v) is 13.0. The van der Waals surface area contributed by atoms with Crippen LogP contribution in [0, 0.1) is 6.92 Å². The van der Waals surface area contributed by atoms with Gasteiger partial charge in [0.05, 0.1) is 17.2 Å². The summed E-state index contributed by atoms with van der Waals surface area (Å²) in [4.78, 5) is 32.3. The minimum Gasteiger partial charge on any atom is -1.00 e. The fourth-order valence-electron chi connectivity index (χ4n) is 4.07. The number of aliphatic hydroxyl groups excluding tert-OH is 1. The van der Waals surface area contributed by atoms with Gasteiger partial charge in [-0.05, 0) is 97.7 Å². The zero-order chi connectivity index (χ0) is 27.4. The zero-order valence-electron chi connectivity index (χ0n) is 22.9. The van der Waals surface area contributed by atoms with Gasteiger partial charge in [0.1, 0.15) is 6.29 Å². The molecule has 2 aliphatic carbocycles. The Kier molecular flexibility index (Phi) is 18.4. The van der Waals surface area contributed by atoms with Crippen LogP contribution in [0.5, 0.6) is 0 Å². The Balaban J connectivity index is 0.000000575. The molecule has 1 aliphatic heterocycles. The van der Waals surface area contributed by atoms with E-state index < -0.39 is 18.0 Å². The van der Waals surface area contributed by atoms with E-state index in [1.54, 1.807) is 31.2 Å². The Hall–Kier alpha value is -1.78. The summed E-state index contributed by atoms with van der Waals surface area (Å²) in [7, 11) is 0. The monoisotopic (exact) mass is 614 g/mol. The van der Waals surface area contributed by atoms with Crippen LogP contribution in [0.25, 0.3) is 0 Å². The van der Waals surface area contributed by atoms with Gasteiger partial charge >= 0.3 is 35.0 Å². The molecule has 0 aromatic heterocycles. The molecule has 7 nitrogen and oxygen atoms in total. The number of ether oxygens (including phenoxy) is 1. The summed E-state index contributed by atoms with van der Waals surface area (Å²) in [6, 6.07) is 9.86. The molecular weight excluding hydrogens is 577 g/mol. The van der Waals surface area contributed by atoms with Crippen molar-refractivity contribution in [3.63, 3.8) is 0 Å². The van der Waals surface area contributed by atoms with E-state index in [4.69, 9.17) is 14.9 Å². The van der Waals surface area contributed by atoms with Crippen molar-refractivity contribution in [1.82, 2.24) is 0 Å². The van der Waals surface area contributed by atoms with E-state index in [1.807, 2.05) is 13.0 Å². The topological polar surface area (TPSA) is 121 Å². The number of aldehydes is 1. The Morgan fingerprint density at radius 1 is 0.923 bits per heavy atom. The molecule has 1 unspecified atom stereocenters. The first kappa shape index (κ1) is 37.2. The molecular formula is C30H39BrMgO7. The number of carboxylic acids is 2. The minimum atomic E-state index is -0.990. The number of carboxylic acid groups (broad SMARTS) is 2. The Morgan fingerprint density at radius 2 is 1.38 bits per heavy atom. The van der Waals surface area contributed by atoms with Gasteiger partial charge in [0, 0.05) is 18.8 Å². The minimum absolute atomic E-state index is 0. The van der Waals surface area contributed by atoms with Crippen molar-refractivity contribution in [3.05, 3.63) is 76.7 Å². The quantitative estimate of drug-likeness (QED) is 0.249. The van der Waals surface area contributed by atoms with Crippen molar-refractivity contribution in [3.8, 4) is 0 Å². The third-order valence-electron chi connectivity index (χ3n) is 6.40. The SMILES string of the molecule is C1CCOC1.CCC(O)c1cc(C(=O)O)ccc1C1CC1.O=Cc1cc(C(=O)O)ccc1C1CC1.[Br-].[CH2-]C.[Mg+2]. The molecule has 5 rings (SSSR count). The Bertz CT molecular complexity index is 1040. The summed E-state index contributed by atoms with van der Waals surface area (Å²) < 4.78 is 4.94. The third-order valence-corrected chi connectivity index (χ3v) is 6.40. The fourth-order valence-corrected chi connectivity index (χ4v) is 4.07. The zero-order valence-corrected chi connectivity index (χ0v) is 25.9. The van der Waals surface area contributed by atoms with E-state index in [9.17, 15) is 19.5 Å². The molecule has 0 bridgehead atoms. The summed E-state index contributed by atoms with van der Waals surface area (Å²) in [5.74, 6) is -0.931. The second-order valence-electron chi connectivity index (χ2n) is 9.21. The van der Waals surface area contributed by atoms with E-state index in [-0.39, 0.29) is 51.2 Å². The molecule has 2 aromatic carbocycles. The maximum atomic E-state index is 10.9. The molecule has 0 radical (unpaired) electrons. The van der Waals surface area contributed by atoms with E-state index in [2.05, 4.69) is 6.92 Å². The average molecular weight is 616 g/mol. The van der Waals surface area contributed by atoms with E-state index in [0.717, 1.165) is 61.9 Å². The van der Waals surface area contributed by atoms with Crippen molar-refractivity contribution < 1.29 is 51.4 Å². The van der Waals surface area contributed by atoms with Gasteiger partial charge in [-0.25, -0.2) is 9.59 Å². The first-order chi connectivity index (χ1) is 17.8. The predicted molar refractivity (Wildman–Crippen MR) is 148 cm³/mol. The van der Waals surface area contributed by atoms with E-state index in [1.165, 1.54) is 18.9 Å². The Morgan fingerprint density at radius 3 is 1.77 bits per heavy atom. The summed E-state index contributed by atoms with van der Waals surface area (Å²) in [5.41, 5.74) is 3.87. The molecule has 39 heavy (non-hydrogen) atoms. The van der Waals surface area contributed by atoms with Gasteiger partial charge in [0.2, 0.25) is 0 Å². The molecule has 0 amide bonds. The number of aliphatic hydroxyl groups is 1. The first-order valence-electron chi connectivity index (χ1n) is 13.0. The van der Waals surface area contributed by atoms with Crippen LogP contribution in [0.4, 0.5) is 0 Å². The maximum Gasteiger partial charge on any atom is 2.00 e. The Labute approximate surface area is 258 Å². The van der Waals surface area contributed by atoms with Gasteiger partial charge in [0.15, 0.2) is 0 Å². The molecule has 3 aliphatic rings. The third kappa shape index (κ3) is 12.1. The molecule has 3 N–H and O–H groups in total. The number of benzene rings is 2. The summed E-state index contributed by atoms with van der Waals surface area (Å²) in [6.07, 6.45) is 7.87. The standard InChI is InChI=1S/C13H16O3.C11H10O3.C4H8O.C2H5.BrH.Mg/c1-2-12(14)11-7-9(13(15)16)5-6-10(11)8-3-4-8;12-6-9-5-8(11(13)14)3-4-10(9)7-1-2-7;1-2-4-5-3-1;1-2;;/h5-8,12,14H,2-4H2,1H3,(H,15,16);3-7H,1-2H2,(H,13,14);1-4H2;1H2,2H3;1H;/q;;;-1;;+2/p-1. The summed E-state index contributed by atoms with van der Waals surface area (Å²) in [6.45, 7) is 8.90. The van der Waals surface area contributed by atoms with Crippen molar-refractivity contribution in [2.75, 3.05) is 13.2 Å². The van der Waals surface area contributed by atoms with Gasteiger partial charge < -0.3 is 44.0 Å².